The van der Waals surface area contributed by atoms with Gasteiger partial charge in [0.1, 0.15) is 5.17 Å². The van der Waals surface area contributed by atoms with E-state index in [1.54, 1.807) is 12.1 Å². The van der Waals surface area contributed by atoms with Crippen molar-refractivity contribution < 1.29 is 9.52 Å². The van der Waals surface area contributed by atoms with E-state index in [0.29, 0.717) is 11.0 Å². The molecule has 0 spiro atoms. The second-order valence-corrected chi connectivity index (χ2v) is 4.38. The Balaban J connectivity index is 2.35. The Bertz CT molecular complexity index is 534. The van der Waals surface area contributed by atoms with Crippen molar-refractivity contribution in [3.8, 4) is 0 Å². The van der Waals surface area contributed by atoms with Gasteiger partial charge in [0, 0.05) is 17.7 Å². The van der Waals surface area contributed by atoms with Gasteiger partial charge in [-0.3, -0.25) is 10.1 Å². The topological polar surface area (TPSA) is 67.9 Å². The molecule has 0 saturated heterocycles. The first kappa shape index (κ1) is 11.6. The van der Waals surface area contributed by atoms with Crippen molar-refractivity contribution in [3.63, 3.8) is 0 Å². The average molecular weight is 250 g/mol. The highest BCUT2D eigenvalue weighted by Gasteiger charge is 2.24. The van der Waals surface area contributed by atoms with E-state index in [4.69, 9.17) is 12.6 Å². The largest absolute Gasteiger partial charge is 0.697 e. The van der Waals surface area contributed by atoms with Crippen LogP contribution in [0.4, 0.5) is 5.69 Å². The molecule has 6 nitrogen and oxygen atoms in total. The highest BCUT2D eigenvalue weighted by atomic mass is 32.1. The summed E-state index contributed by atoms with van der Waals surface area (Å²) in [5, 5.41) is 15.3. The quantitative estimate of drug-likeness (QED) is 0.343. The van der Waals surface area contributed by atoms with Crippen LogP contribution in [-0.2, 0) is 12.6 Å². The van der Waals surface area contributed by atoms with Crippen LogP contribution in [0.15, 0.2) is 34.4 Å². The molecule has 0 N–H and O–H groups in total. The second-order valence-electron chi connectivity index (χ2n) is 4.02. The van der Waals surface area contributed by atoms with Gasteiger partial charge in [0.25, 0.3) is 5.69 Å². The zero-order valence-electron chi connectivity index (χ0n) is 9.32. The van der Waals surface area contributed by atoms with Crippen LogP contribution in [0.2, 0.25) is 0 Å². The maximum atomic E-state index is 10.5. The van der Waals surface area contributed by atoms with Crippen molar-refractivity contribution in [1.82, 2.24) is 0 Å². The molecule has 0 saturated carbocycles. The van der Waals surface area contributed by atoms with Crippen molar-refractivity contribution in [3.05, 3.63) is 39.9 Å². The molecule has 1 aliphatic heterocycles. The molecule has 0 bridgehead atoms. The zero-order valence-corrected chi connectivity index (χ0v) is 10.1. The molecular weight excluding hydrogens is 240 g/mol. The van der Waals surface area contributed by atoms with Crippen LogP contribution >= 0.6 is 0 Å². The molecule has 1 aliphatic rings. The lowest BCUT2D eigenvalue weighted by Gasteiger charge is -2.21. The number of non-ortho nitro benzene ring substituents is 1. The molecule has 0 atom stereocenters. The molecule has 0 fully saturated rings. The van der Waals surface area contributed by atoms with E-state index < -0.39 is 4.92 Å². The standard InChI is InChI=1S/C10H10N4O2S/c1-14(2)10(17)11-9(12-14)7-3-5-8(6-4-7)13(15)16/h3-6H,1-2H3. The van der Waals surface area contributed by atoms with E-state index in [9.17, 15) is 10.1 Å². The average Bonchev–Trinajstić information content (AvgIpc) is 2.54. The third-order valence-electron chi connectivity index (χ3n) is 2.35. The first-order valence-corrected chi connectivity index (χ1v) is 5.26. The fourth-order valence-corrected chi connectivity index (χ4v) is 1.50. The lowest BCUT2D eigenvalue weighted by atomic mass is 10.2. The Hall–Kier alpha value is -1.86. The first-order chi connectivity index (χ1) is 7.90. The Morgan fingerprint density at radius 2 is 1.88 bits per heavy atom. The molecule has 0 aliphatic carbocycles. The molecule has 0 radical (unpaired) electrons. The fourth-order valence-electron chi connectivity index (χ4n) is 1.37. The van der Waals surface area contributed by atoms with Gasteiger partial charge in [-0.2, -0.15) is 9.58 Å². The van der Waals surface area contributed by atoms with Gasteiger partial charge in [-0.1, -0.05) is 5.10 Å². The first-order valence-electron chi connectivity index (χ1n) is 4.85. The van der Waals surface area contributed by atoms with Crippen LogP contribution in [0.3, 0.4) is 0 Å². The molecule has 0 amide bonds. The Labute approximate surface area is 103 Å². The number of rotatable bonds is 2. The summed E-state index contributed by atoms with van der Waals surface area (Å²) in [5.74, 6) is 0.509. The zero-order chi connectivity index (χ0) is 12.6. The summed E-state index contributed by atoms with van der Waals surface area (Å²) in [6.07, 6.45) is 0. The van der Waals surface area contributed by atoms with E-state index >= 15 is 0 Å². The number of aliphatic imine (C=N–C) groups is 1. The maximum Gasteiger partial charge on any atom is 0.269 e. The molecule has 1 aromatic rings. The number of amidine groups is 2. The highest BCUT2D eigenvalue weighted by molar-refractivity contribution is 7.76. The number of nitro groups is 1. The van der Waals surface area contributed by atoms with Gasteiger partial charge in [-0.25, -0.2) is 0 Å². The molecule has 88 valence electrons. The van der Waals surface area contributed by atoms with E-state index in [-0.39, 0.29) is 10.3 Å². The summed E-state index contributed by atoms with van der Waals surface area (Å²) in [6.45, 7) is 0. The van der Waals surface area contributed by atoms with Gasteiger partial charge in [0.2, 0.25) is 5.84 Å². The van der Waals surface area contributed by atoms with Crippen LogP contribution in [0.25, 0.3) is 0 Å². The van der Waals surface area contributed by atoms with Gasteiger partial charge in [-0.15, -0.1) is 0 Å². The predicted octanol–water partition coefficient (Wildman–Crippen LogP) is 1.25. The minimum atomic E-state index is -0.442. The molecule has 2 rings (SSSR count). The highest BCUT2D eigenvalue weighted by Crippen LogP contribution is 2.18. The summed E-state index contributed by atoms with van der Waals surface area (Å²) >= 11 is 5.08. The Kier molecular flexibility index (Phi) is 2.64. The van der Waals surface area contributed by atoms with Crippen LogP contribution in [0.1, 0.15) is 5.56 Å². The van der Waals surface area contributed by atoms with Gasteiger partial charge >= 0.3 is 0 Å². The van der Waals surface area contributed by atoms with Crippen LogP contribution < -0.4 is 0 Å². The molecule has 0 unspecified atom stereocenters. The summed E-state index contributed by atoms with van der Waals surface area (Å²) in [4.78, 5) is 14.2. The number of nitro benzene ring substituents is 1. The molecule has 7 heteroatoms. The monoisotopic (exact) mass is 250 g/mol. The predicted molar refractivity (Wildman–Crippen MR) is 66.5 cm³/mol. The van der Waals surface area contributed by atoms with Crippen LogP contribution in [0.5, 0.6) is 0 Å². The van der Waals surface area contributed by atoms with Gasteiger partial charge in [0.05, 0.1) is 19.0 Å². The van der Waals surface area contributed by atoms with Crippen LogP contribution in [-0.4, -0.2) is 34.6 Å². The Morgan fingerprint density at radius 3 is 2.29 bits per heavy atom. The molecular formula is C10H10N4O2S. The van der Waals surface area contributed by atoms with E-state index in [1.807, 2.05) is 14.1 Å². The van der Waals surface area contributed by atoms with Gasteiger partial charge in [-0.05, 0) is 12.1 Å². The molecule has 0 aromatic heterocycles. The lowest BCUT2D eigenvalue weighted by molar-refractivity contribution is -0.799. The molecule has 1 heterocycles. The number of quaternary nitrogens is 1. The fraction of sp³-hybridized carbons (Fsp3) is 0.200. The van der Waals surface area contributed by atoms with Gasteiger partial charge < -0.3 is 12.6 Å². The number of hydrogen-bond acceptors (Lipinski definition) is 5. The minimum Gasteiger partial charge on any atom is -0.697 e. The number of benzene rings is 1. The van der Waals surface area contributed by atoms with Crippen molar-refractivity contribution in [2.24, 2.45) is 10.1 Å². The normalized spacial score (nSPS) is 17.5. The second kappa shape index (κ2) is 3.86. The Morgan fingerprint density at radius 1 is 1.29 bits per heavy atom. The third-order valence-corrected chi connectivity index (χ3v) is 2.89. The maximum absolute atomic E-state index is 10.5. The van der Waals surface area contributed by atoms with E-state index in [1.165, 1.54) is 12.1 Å². The van der Waals surface area contributed by atoms with Crippen molar-refractivity contribution in [2.75, 3.05) is 14.1 Å². The lowest BCUT2D eigenvalue weighted by Crippen LogP contribution is -2.36. The molecule has 17 heavy (non-hydrogen) atoms. The van der Waals surface area contributed by atoms with Gasteiger partial charge in [0.15, 0.2) is 0 Å². The SMILES string of the molecule is C[N+]1(C)N=C(c2ccc([N+](=O)[O-])cc2)N=C1[S-]. The van der Waals surface area contributed by atoms with Crippen LogP contribution in [0, 0.1) is 10.1 Å². The molecule has 1 aromatic carbocycles. The van der Waals surface area contributed by atoms with E-state index in [0.717, 1.165) is 5.56 Å². The van der Waals surface area contributed by atoms with E-state index in [2.05, 4.69) is 10.1 Å². The summed E-state index contributed by atoms with van der Waals surface area (Å²) in [7, 11) is 3.65. The summed E-state index contributed by atoms with van der Waals surface area (Å²) < 4.78 is 0.182. The smallest absolute Gasteiger partial charge is 0.269 e. The summed E-state index contributed by atoms with van der Waals surface area (Å²) in [6, 6.07) is 6.09. The van der Waals surface area contributed by atoms with Crippen molar-refractivity contribution >= 4 is 29.3 Å². The van der Waals surface area contributed by atoms with Crippen molar-refractivity contribution in [2.45, 2.75) is 0 Å². The third kappa shape index (κ3) is 2.15. The van der Waals surface area contributed by atoms with Crippen molar-refractivity contribution in [1.29, 1.82) is 0 Å². The minimum absolute atomic E-state index is 0.0451. The number of nitrogens with zero attached hydrogens (tertiary/aromatic N) is 4. The summed E-state index contributed by atoms with van der Waals surface area (Å²) in [5.41, 5.74) is 0.769. The number of hydrogen-bond donors (Lipinski definition) is 0.